The van der Waals surface area contributed by atoms with Crippen molar-refractivity contribution in [3.63, 3.8) is 0 Å². The number of nitrogens with two attached hydrogens (primary N) is 1. The molecule has 0 bridgehead atoms. The van der Waals surface area contributed by atoms with Gasteiger partial charge in [0.2, 0.25) is 0 Å². The van der Waals surface area contributed by atoms with Crippen molar-refractivity contribution in [2.75, 3.05) is 6.61 Å². The molecule has 0 saturated carbocycles. The molecule has 0 spiro atoms. The summed E-state index contributed by atoms with van der Waals surface area (Å²) in [4.78, 5) is 11.3. The fourth-order valence-electron chi connectivity index (χ4n) is 2.05. The highest BCUT2D eigenvalue weighted by Gasteiger charge is 2.10. The molecule has 3 heteroatoms. The number of carbonyl (C=O) groups excluding carboxylic acids is 1. The zero-order valence-corrected chi connectivity index (χ0v) is 12.2. The van der Waals surface area contributed by atoms with Gasteiger partial charge >= 0.3 is 5.97 Å². The van der Waals surface area contributed by atoms with Crippen LogP contribution in [0.2, 0.25) is 0 Å². The van der Waals surface area contributed by atoms with Crippen LogP contribution in [0.4, 0.5) is 0 Å². The van der Waals surface area contributed by atoms with E-state index in [1.54, 1.807) is 0 Å². The van der Waals surface area contributed by atoms with E-state index in [-0.39, 0.29) is 12.0 Å². The lowest BCUT2D eigenvalue weighted by molar-refractivity contribution is -0.143. The number of rotatable bonds is 7. The highest BCUT2D eigenvalue weighted by atomic mass is 16.5. The molecular weight excluding hydrogens is 238 g/mol. The highest BCUT2D eigenvalue weighted by molar-refractivity contribution is 5.69. The van der Waals surface area contributed by atoms with Crippen molar-refractivity contribution in [1.29, 1.82) is 0 Å². The first-order valence-corrected chi connectivity index (χ1v) is 7.03. The van der Waals surface area contributed by atoms with Crippen molar-refractivity contribution in [3.8, 4) is 0 Å². The first-order chi connectivity index (χ1) is 9.02. The molecule has 1 unspecified atom stereocenters. The van der Waals surface area contributed by atoms with E-state index in [4.69, 9.17) is 10.5 Å². The molecule has 0 heterocycles. The van der Waals surface area contributed by atoms with Crippen molar-refractivity contribution in [3.05, 3.63) is 35.4 Å². The zero-order valence-electron chi connectivity index (χ0n) is 12.2. The summed E-state index contributed by atoms with van der Waals surface area (Å²) in [6.45, 7) is 6.65. The molecule has 3 nitrogen and oxygen atoms in total. The number of esters is 1. The second-order valence-electron chi connectivity index (χ2n) is 5.29. The van der Waals surface area contributed by atoms with Crippen LogP contribution in [0.3, 0.4) is 0 Å². The van der Waals surface area contributed by atoms with E-state index in [2.05, 4.69) is 38.1 Å². The van der Waals surface area contributed by atoms with Gasteiger partial charge in [0, 0.05) is 12.5 Å². The summed E-state index contributed by atoms with van der Waals surface area (Å²) in [5, 5.41) is 0. The molecule has 0 aliphatic carbocycles. The molecular formula is C16H25NO2. The van der Waals surface area contributed by atoms with Gasteiger partial charge in [-0.15, -0.1) is 0 Å². The predicted molar refractivity (Wildman–Crippen MR) is 77.8 cm³/mol. The maximum Gasteiger partial charge on any atom is 0.305 e. The Kier molecular flexibility index (Phi) is 6.57. The van der Waals surface area contributed by atoms with Crippen molar-refractivity contribution < 1.29 is 9.53 Å². The SMILES string of the molecule is CCOC(=O)CCC(N)c1ccc(CC(C)C)cc1. The van der Waals surface area contributed by atoms with E-state index in [1.165, 1.54) is 5.56 Å². The minimum Gasteiger partial charge on any atom is -0.466 e. The molecule has 1 aromatic rings. The number of ether oxygens (including phenoxy) is 1. The third kappa shape index (κ3) is 5.88. The Labute approximate surface area is 116 Å². The summed E-state index contributed by atoms with van der Waals surface area (Å²) >= 11 is 0. The maximum atomic E-state index is 11.3. The molecule has 1 aromatic carbocycles. The quantitative estimate of drug-likeness (QED) is 0.768. The molecule has 0 fully saturated rings. The lowest BCUT2D eigenvalue weighted by atomic mass is 9.98. The monoisotopic (exact) mass is 263 g/mol. The van der Waals surface area contributed by atoms with E-state index < -0.39 is 0 Å². The normalized spacial score (nSPS) is 12.5. The first-order valence-electron chi connectivity index (χ1n) is 7.03. The average Bonchev–Trinajstić information content (AvgIpc) is 2.36. The van der Waals surface area contributed by atoms with E-state index in [1.807, 2.05) is 6.92 Å². The van der Waals surface area contributed by atoms with E-state index in [9.17, 15) is 4.79 Å². The van der Waals surface area contributed by atoms with Crippen LogP contribution in [-0.4, -0.2) is 12.6 Å². The van der Waals surface area contributed by atoms with Gasteiger partial charge in [0.05, 0.1) is 6.61 Å². The summed E-state index contributed by atoms with van der Waals surface area (Å²) in [5.74, 6) is 0.484. The summed E-state index contributed by atoms with van der Waals surface area (Å²) in [7, 11) is 0. The van der Waals surface area contributed by atoms with Gasteiger partial charge in [-0.2, -0.15) is 0 Å². The minimum absolute atomic E-state index is 0.0995. The summed E-state index contributed by atoms with van der Waals surface area (Å²) in [6, 6.07) is 8.28. The molecule has 0 aliphatic rings. The molecule has 19 heavy (non-hydrogen) atoms. The van der Waals surface area contributed by atoms with Crippen LogP contribution < -0.4 is 5.73 Å². The van der Waals surface area contributed by atoms with Gasteiger partial charge in [-0.1, -0.05) is 38.1 Å². The van der Waals surface area contributed by atoms with Gasteiger partial charge in [-0.3, -0.25) is 4.79 Å². The Bertz CT molecular complexity index is 384. The van der Waals surface area contributed by atoms with Crippen LogP contribution in [0.15, 0.2) is 24.3 Å². The van der Waals surface area contributed by atoms with Crippen LogP contribution in [0, 0.1) is 5.92 Å². The van der Waals surface area contributed by atoms with Gasteiger partial charge in [0.15, 0.2) is 0 Å². The highest BCUT2D eigenvalue weighted by Crippen LogP contribution is 2.18. The van der Waals surface area contributed by atoms with E-state index >= 15 is 0 Å². The molecule has 0 saturated heterocycles. The largest absolute Gasteiger partial charge is 0.466 e. The Balaban J connectivity index is 2.48. The Morgan fingerprint density at radius 3 is 2.42 bits per heavy atom. The topological polar surface area (TPSA) is 52.3 Å². The van der Waals surface area contributed by atoms with Gasteiger partial charge in [0.25, 0.3) is 0 Å². The average molecular weight is 263 g/mol. The second kappa shape index (κ2) is 7.95. The molecule has 0 aliphatic heterocycles. The predicted octanol–water partition coefficient (Wildman–Crippen LogP) is 3.23. The van der Waals surface area contributed by atoms with Crippen molar-refractivity contribution >= 4 is 5.97 Å². The summed E-state index contributed by atoms with van der Waals surface area (Å²) < 4.78 is 4.90. The molecule has 106 valence electrons. The van der Waals surface area contributed by atoms with Crippen molar-refractivity contribution in [2.45, 2.75) is 46.1 Å². The molecule has 1 atom stereocenters. The molecule has 0 amide bonds. The van der Waals surface area contributed by atoms with Gasteiger partial charge in [-0.25, -0.2) is 0 Å². The standard InChI is InChI=1S/C16H25NO2/c1-4-19-16(18)10-9-15(17)14-7-5-13(6-8-14)11-12(2)3/h5-8,12,15H,4,9-11,17H2,1-3H3. The Morgan fingerprint density at radius 1 is 1.26 bits per heavy atom. The minimum atomic E-state index is -0.172. The third-order valence-corrected chi connectivity index (χ3v) is 3.02. The van der Waals surface area contributed by atoms with Crippen LogP contribution in [0.25, 0.3) is 0 Å². The molecule has 0 aromatic heterocycles. The smallest absolute Gasteiger partial charge is 0.305 e. The molecule has 2 N–H and O–H groups in total. The van der Waals surface area contributed by atoms with Crippen molar-refractivity contribution in [1.82, 2.24) is 0 Å². The number of carbonyl (C=O) groups is 1. The second-order valence-corrected chi connectivity index (χ2v) is 5.29. The van der Waals surface area contributed by atoms with E-state index in [0.29, 0.717) is 25.4 Å². The number of benzene rings is 1. The van der Waals surface area contributed by atoms with E-state index in [0.717, 1.165) is 12.0 Å². The maximum absolute atomic E-state index is 11.3. The van der Waals surface area contributed by atoms with Crippen LogP contribution in [-0.2, 0) is 16.0 Å². The van der Waals surface area contributed by atoms with Crippen LogP contribution in [0.1, 0.15) is 50.8 Å². The molecule has 1 rings (SSSR count). The van der Waals surface area contributed by atoms with Crippen LogP contribution in [0.5, 0.6) is 0 Å². The Hall–Kier alpha value is -1.35. The van der Waals surface area contributed by atoms with Gasteiger partial charge in [0.1, 0.15) is 0 Å². The zero-order chi connectivity index (χ0) is 14.3. The summed E-state index contributed by atoms with van der Waals surface area (Å²) in [5.41, 5.74) is 8.49. The fraction of sp³-hybridized carbons (Fsp3) is 0.562. The molecule has 0 radical (unpaired) electrons. The first kappa shape index (κ1) is 15.7. The fourth-order valence-corrected chi connectivity index (χ4v) is 2.05. The lowest BCUT2D eigenvalue weighted by Gasteiger charge is -2.13. The summed E-state index contributed by atoms with van der Waals surface area (Å²) in [6.07, 6.45) is 2.09. The lowest BCUT2D eigenvalue weighted by Crippen LogP contribution is -2.13. The van der Waals surface area contributed by atoms with Gasteiger partial charge in [-0.05, 0) is 36.8 Å². The van der Waals surface area contributed by atoms with Crippen molar-refractivity contribution in [2.24, 2.45) is 11.7 Å². The number of hydrogen-bond acceptors (Lipinski definition) is 3. The third-order valence-electron chi connectivity index (χ3n) is 3.02. The number of hydrogen-bond donors (Lipinski definition) is 1. The Morgan fingerprint density at radius 2 is 1.89 bits per heavy atom. The van der Waals surface area contributed by atoms with Gasteiger partial charge < -0.3 is 10.5 Å². The van der Waals surface area contributed by atoms with Crippen LogP contribution >= 0.6 is 0 Å².